The summed E-state index contributed by atoms with van der Waals surface area (Å²) in [5, 5.41) is 13.7. The summed E-state index contributed by atoms with van der Waals surface area (Å²) >= 11 is 0. The van der Waals surface area contributed by atoms with E-state index in [4.69, 9.17) is 5.73 Å². The van der Waals surface area contributed by atoms with Gasteiger partial charge in [-0.25, -0.2) is 4.68 Å². The van der Waals surface area contributed by atoms with Gasteiger partial charge < -0.3 is 16.0 Å². The first-order valence-corrected chi connectivity index (χ1v) is 5.81. The molecule has 0 saturated carbocycles. The molecular formula is C12H11N7O. The molecule has 0 aliphatic carbocycles. The minimum absolute atomic E-state index is 0.253. The van der Waals surface area contributed by atoms with E-state index in [-0.39, 0.29) is 5.91 Å². The third kappa shape index (κ3) is 2.34. The molecule has 0 saturated heterocycles. The lowest BCUT2D eigenvalue weighted by atomic mass is 10.2. The first-order chi connectivity index (χ1) is 9.72. The van der Waals surface area contributed by atoms with Crippen LogP contribution in [0.2, 0.25) is 0 Å². The number of aromatic nitrogens is 5. The Morgan fingerprint density at radius 3 is 2.70 bits per heavy atom. The zero-order valence-electron chi connectivity index (χ0n) is 10.3. The second-order valence-corrected chi connectivity index (χ2v) is 4.10. The zero-order chi connectivity index (χ0) is 13.9. The Labute approximate surface area is 113 Å². The van der Waals surface area contributed by atoms with Crippen LogP contribution in [-0.2, 0) is 0 Å². The van der Waals surface area contributed by atoms with Crippen LogP contribution in [0.25, 0.3) is 5.69 Å². The number of nitrogens with zero attached hydrogens (tertiary/aromatic N) is 4. The molecule has 3 rings (SSSR count). The van der Waals surface area contributed by atoms with Gasteiger partial charge in [-0.2, -0.15) is 0 Å². The number of rotatable bonds is 3. The number of nitrogen functional groups attached to an aromatic ring is 1. The lowest BCUT2D eigenvalue weighted by Crippen LogP contribution is -2.12. The largest absolute Gasteiger partial charge is 0.397 e. The van der Waals surface area contributed by atoms with E-state index in [1.54, 1.807) is 36.5 Å². The quantitative estimate of drug-likeness (QED) is 0.651. The number of anilines is 2. The van der Waals surface area contributed by atoms with Crippen LogP contribution < -0.4 is 11.1 Å². The van der Waals surface area contributed by atoms with Crippen LogP contribution in [0, 0.1) is 0 Å². The number of amides is 1. The molecule has 0 unspecified atom stereocenters. The number of H-pyrrole nitrogens is 1. The molecule has 0 bridgehead atoms. The van der Waals surface area contributed by atoms with E-state index in [0.29, 0.717) is 17.1 Å². The molecule has 8 heteroatoms. The van der Waals surface area contributed by atoms with E-state index < -0.39 is 0 Å². The Hall–Kier alpha value is -3.16. The highest BCUT2D eigenvalue weighted by Crippen LogP contribution is 2.13. The molecule has 2 aromatic heterocycles. The van der Waals surface area contributed by atoms with Crippen molar-refractivity contribution in [3.05, 3.63) is 48.5 Å². The van der Waals surface area contributed by atoms with Gasteiger partial charge in [-0.05, 0) is 40.8 Å². The van der Waals surface area contributed by atoms with Crippen molar-refractivity contribution in [1.29, 1.82) is 0 Å². The number of carbonyl (C=O) groups is 1. The van der Waals surface area contributed by atoms with Gasteiger partial charge in [-0.15, -0.1) is 5.10 Å². The normalized spacial score (nSPS) is 10.4. The van der Waals surface area contributed by atoms with E-state index in [2.05, 4.69) is 25.8 Å². The van der Waals surface area contributed by atoms with Crippen molar-refractivity contribution >= 4 is 17.3 Å². The Kier molecular flexibility index (Phi) is 2.88. The molecule has 3 aromatic rings. The molecule has 0 fully saturated rings. The summed E-state index contributed by atoms with van der Waals surface area (Å²) in [4.78, 5) is 14.7. The molecule has 4 N–H and O–H groups in total. The van der Waals surface area contributed by atoms with Crippen molar-refractivity contribution in [1.82, 2.24) is 25.2 Å². The Morgan fingerprint density at radius 2 is 2.10 bits per heavy atom. The monoisotopic (exact) mass is 269 g/mol. The average molecular weight is 269 g/mol. The molecule has 0 atom stereocenters. The number of nitrogens with one attached hydrogen (secondary N) is 2. The van der Waals surface area contributed by atoms with Gasteiger partial charge in [-0.3, -0.25) is 4.79 Å². The van der Waals surface area contributed by atoms with Crippen LogP contribution >= 0.6 is 0 Å². The number of hydrogen-bond donors (Lipinski definition) is 3. The minimum Gasteiger partial charge on any atom is -0.397 e. The number of nitrogens with two attached hydrogens (primary N) is 1. The lowest BCUT2D eigenvalue weighted by molar-refractivity contribution is 0.102. The third-order valence-electron chi connectivity index (χ3n) is 2.69. The number of benzene rings is 1. The van der Waals surface area contributed by atoms with Crippen LogP contribution in [0.1, 0.15) is 10.5 Å². The summed E-state index contributed by atoms with van der Waals surface area (Å²) in [5.74, 6) is -0.253. The molecule has 0 spiro atoms. The van der Waals surface area contributed by atoms with Gasteiger partial charge >= 0.3 is 0 Å². The number of hydrogen-bond acceptors (Lipinski definition) is 5. The fraction of sp³-hybridized carbons (Fsp3) is 0. The first-order valence-electron chi connectivity index (χ1n) is 5.81. The zero-order valence-corrected chi connectivity index (χ0v) is 10.3. The highest BCUT2D eigenvalue weighted by atomic mass is 16.1. The number of tetrazole rings is 1. The van der Waals surface area contributed by atoms with Crippen LogP contribution in [-0.4, -0.2) is 31.1 Å². The van der Waals surface area contributed by atoms with Gasteiger partial charge in [0.1, 0.15) is 12.0 Å². The topological polar surface area (TPSA) is 115 Å². The van der Waals surface area contributed by atoms with E-state index >= 15 is 0 Å². The fourth-order valence-corrected chi connectivity index (χ4v) is 1.72. The van der Waals surface area contributed by atoms with Gasteiger partial charge in [0.2, 0.25) is 0 Å². The smallest absolute Gasteiger partial charge is 0.272 e. The molecular weight excluding hydrogens is 258 g/mol. The Bertz CT molecular complexity index is 715. The van der Waals surface area contributed by atoms with Crippen molar-refractivity contribution in [3.8, 4) is 5.69 Å². The number of aromatic amines is 1. The second kappa shape index (κ2) is 4.84. The highest BCUT2D eigenvalue weighted by Gasteiger charge is 2.08. The van der Waals surface area contributed by atoms with Gasteiger partial charge in [0, 0.05) is 17.6 Å². The predicted molar refractivity (Wildman–Crippen MR) is 72.3 cm³/mol. The van der Waals surface area contributed by atoms with Gasteiger partial charge in [0.15, 0.2) is 0 Å². The summed E-state index contributed by atoms with van der Waals surface area (Å²) < 4.78 is 1.53. The van der Waals surface area contributed by atoms with Crippen molar-refractivity contribution in [3.63, 3.8) is 0 Å². The van der Waals surface area contributed by atoms with Gasteiger partial charge in [0.05, 0.1) is 5.69 Å². The minimum atomic E-state index is -0.253. The van der Waals surface area contributed by atoms with Crippen molar-refractivity contribution < 1.29 is 4.79 Å². The molecule has 0 aliphatic heterocycles. The maximum atomic E-state index is 11.9. The summed E-state index contributed by atoms with van der Waals surface area (Å²) in [6, 6.07) is 8.71. The van der Waals surface area contributed by atoms with E-state index in [9.17, 15) is 4.79 Å². The van der Waals surface area contributed by atoms with Gasteiger partial charge in [0.25, 0.3) is 5.91 Å². The maximum Gasteiger partial charge on any atom is 0.272 e. The van der Waals surface area contributed by atoms with Gasteiger partial charge in [-0.1, -0.05) is 0 Å². The van der Waals surface area contributed by atoms with E-state index in [0.717, 1.165) is 5.69 Å². The average Bonchev–Trinajstić information content (AvgIpc) is 3.10. The molecule has 1 amide bonds. The van der Waals surface area contributed by atoms with E-state index in [1.165, 1.54) is 11.0 Å². The SMILES string of the molecule is Nc1c[nH]c(C(=O)Nc2ccc(-n3cnnn3)cc2)c1. The van der Waals surface area contributed by atoms with Crippen molar-refractivity contribution in [2.24, 2.45) is 0 Å². The second-order valence-electron chi connectivity index (χ2n) is 4.10. The van der Waals surface area contributed by atoms with Crippen molar-refractivity contribution in [2.45, 2.75) is 0 Å². The summed E-state index contributed by atoms with van der Waals surface area (Å²) in [6.07, 6.45) is 3.06. The molecule has 20 heavy (non-hydrogen) atoms. The third-order valence-corrected chi connectivity index (χ3v) is 2.69. The molecule has 8 nitrogen and oxygen atoms in total. The molecule has 0 aliphatic rings. The molecule has 1 aromatic carbocycles. The van der Waals surface area contributed by atoms with Crippen LogP contribution in [0.5, 0.6) is 0 Å². The first kappa shape index (κ1) is 11.9. The lowest BCUT2D eigenvalue weighted by Gasteiger charge is -2.05. The molecule has 100 valence electrons. The van der Waals surface area contributed by atoms with E-state index in [1.807, 2.05) is 0 Å². The fourth-order valence-electron chi connectivity index (χ4n) is 1.72. The van der Waals surface area contributed by atoms with Crippen LogP contribution in [0.3, 0.4) is 0 Å². The Morgan fingerprint density at radius 1 is 1.30 bits per heavy atom. The molecule has 0 radical (unpaired) electrons. The maximum absolute atomic E-state index is 11.9. The summed E-state index contributed by atoms with van der Waals surface area (Å²) in [5.41, 5.74) is 7.95. The van der Waals surface area contributed by atoms with Crippen LogP contribution in [0.4, 0.5) is 11.4 Å². The molecule has 2 heterocycles. The van der Waals surface area contributed by atoms with Crippen molar-refractivity contribution in [2.75, 3.05) is 11.1 Å². The summed E-state index contributed by atoms with van der Waals surface area (Å²) in [6.45, 7) is 0. The number of carbonyl (C=O) groups excluding carboxylic acids is 1. The predicted octanol–water partition coefficient (Wildman–Crippen LogP) is 0.825. The standard InChI is InChI=1S/C12H11N7O/c13-8-5-11(14-6-8)12(20)16-9-1-3-10(4-2-9)19-7-15-17-18-19/h1-7,14H,13H2,(H,16,20). The Balaban J connectivity index is 1.74. The van der Waals surface area contributed by atoms with Crippen LogP contribution in [0.15, 0.2) is 42.9 Å². The summed E-state index contributed by atoms with van der Waals surface area (Å²) in [7, 11) is 0. The highest BCUT2D eigenvalue weighted by molar-refractivity contribution is 6.03.